The Hall–Kier alpha value is -4.47. The molecule has 0 heterocycles. The van der Waals surface area contributed by atoms with Gasteiger partial charge in [0.2, 0.25) is 0 Å². The molecule has 152 valence electrons. The topological polar surface area (TPSA) is 64.7 Å². The Morgan fingerprint density at radius 1 is 0.562 bits per heavy atom. The van der Waals surface area contributed by atoms with Crippen molar-refractivity contribution in [3.8, 4) is 12.1 Å². The Kier molecular flexibility index (Phi) is 6.21. The van der Waals surface area contributed by atoms with Crippen molar-refractivity contribution in [3.63, 3.8) is 0 Å². The molecule has 0 aliphatic carbocycles. The van der Waals surface area contributed by atoms with Gasteiger partial charge in [0, 0.05) is 11.1 Å². The van der Waals surface area contributed by atoms with Crippen molar-refractivity contribution >= 4 is 5.78 Å². The van der Waals surface area contributed by atoms with Crippen molar-refractivity contribution in [3.05, 3.63) is 142 Å². The van der Waals surface area contributed by atoms with Gasteiger partial charge in [0.15, 0.2) is 5.78 Å². The Morgan fingerprint density at radius 3 is 1.31 bits per heavy atom. The predicted molar refractivity (Wildman–Crippen MR) is 124 cm³/mol. The average molecular weight is 412 g/mol. The van der Waals surface area contributed by atoms with Gasteiger partial charge in [-0.05, 0) is 59.4 Å². The van der Waals surface area contributed by atoms with Gasteiger partial charge in [-0.15, -0.1) is 0 Å². The molecule has 4 rings (SSSR count). The number of hydrogen-bond donors (Lipinski definition) is 0. The molecule has 4 aromatic rings. The summed E-state index contributed by atoms with van der Waals surface area (Å²) in [7, 11) is 0. The monoisotopic (exact) mass is 412 g/mol. The summed E-state index contributed by atoms with van der Waals surface area (Å²) < 4.78 is 0. The molecule has 0 radical (unpaired) electrons. The van der Waals surface area contributed by atoms with Crippen LogP contribution in [0.25, 0.3) is 0 Å². The van der Waals surface area contributed by atoms with Gasteiger partial charge in [-0.1, -0.05) is 72.8 Å². The summed E-state index contributed by atoms with van der Waals surface area (Å²) >= 11 is 0. The second-order valence-electron chi connectivity index (χ2n) is 7.61. The lowest BCUT2D eigenvalue weighted by atomic mass is 9.90. The molecule has 0 atom stereocenters. The molecule has 3 nitrogen and oxygen atoms in total. The number of ketones is 1. The molecule has 0 fully saturated rings. The van der Waals surface area contributed by atoms with Crippen LogP contribution in [0.3, 0.4) is 0 Å². The van der Waals surface area contributed by atoms with Gasteiger partial charge >= 0.3 is 0 Å². The van der Waals surface area contributed by atoms with E-state index in [1.165, 1.54) is 0 Å². The van der Waals surface area contributed by atoms with E-state index in [0.717, 1.165) is 22.3 Å². The van der Waals surface area contributed by atoms with E-state index in [2.05, 4.69) is 12.1 Å². The molecule has 0 unspecified atom stereocenters. The van der Waals surface area contributed by atoms with E-state index in [1.54, 1.807) is 24.3 Å². The second-order valence-corrected chi connectivity index (χ2v) is 7.61. The maximum absolute atomic E-state index is 13.6. The van der Waals surface area contributed by atoms with Crippen LogP contribution >= 0.6 is 0 Å². The third-order valence-corrected chi connectivity index (χ3v) is 5.48. The number of carbonyl (C=O) groups excluding carboxylic acids is 1. The first-order valence-electron chi connectivity index (χ1n) is 10.4. The van der Waals surface area contributed by atoms with Gasteiger partial charge in [0.05, 0.1) is 23.3 Å². The Labute approximate surface area is 187 Å². The van der Waals surface area contributed by atoms with E-state index in [0.29, 0.717) is 35.1 Å². The molecule has 0 saturated heterocycles. The second kappa shape index (κ2) is 9.56. The van der Waals surface area contributed by atoms with E-state index < -0.39 is 0 Å². The van der Waals surface area contributed by atoms with Crippen LogP contribution in [0.2, 0.25) is 0 Å². The minimum atomic E-state index is -0.00140. The Morgan fingerprint density at radius 2 is 0.938 bits per heavy atom. The molecule has 0 aliphatic rings. The first-order chi connectivity index (χ1) is 15.7. The number of hydrogen-bond acceptors (Lipinski definition) is 3. The molecule has 0 aromatic heterocycles. The van der Waals surface area contributed by atoms with Crippen LogP contribution in [-0.2, 0) is 12.8 Å². The zero-order valence-corrected chi connectivity index (χ0v) is 17.5. The molecule has 32 heavy (non-hydrogen) atoms. The summed E-state index contributed by atoms with van der Waals surface area (Å²) in [4.78, 5) is 13.6. The minimum absolute atomic E-state index is 0.00140. The van der Waals surface area contributed by atoms with Gasteiger partial charge in [-0.3, -0.25) is 4.79 Å². The molecule has 0 bridgehead atoms. The molecular formula is C29H20N2O. The first kappa shape index (κ1) is 20.8. The highest BCUT2D eigenvalue weighted by Gasteiger charge is 2.17. The smallest absolute Gasteiger partial charge is 0.193 e. The van der Waals surface area contributed by atoms with Gasteiger partial charge in [0.1, 0.15) is 0 Å². The lowest BCUT2D eigenvalue weighted by Gasteiger charge is -2.13. The SMILES string of the molecule is N#Cc1ccc(Cc2ccccc2C(=O)c2ccccc2Cc2ccc(C#N)cc2)cc1. The van der Waals surface area contributed by atoms with Crippen LogP contribution in [0.4, 0.5) is 0 Å². The average Bonchev–Trinajstić information content (AvgIpc) is 2.85. The van der Waals surface area contributed by atoms with Gasteiger partial charge in [0.25, 0.3) is 0 Å². The highest BCUT2D eigenvalue weighted by molar-refractivity contribution is 6.11. The number of benzene rings is 4. The Bertz CT molecular complexity index is 1230. The highest BCUT2D eigenvalue weighted by atomic mass is 16.1. The van der Waals surface area contributed by atoms with E-state index in [9.17, 15) is 4.79 Å². The van der Waals surface area contributed by atoms with E-state index in [-0.39, 0.29) is 5.78 Å². The fourth-order valence-corrected chi connectivity index (χ4v) is 3.77. The van der Waals surface area contributed by atoms with Crippen molar-refractivity contribution in [2.75, 3.05) is 0 Å². The van der Waals surface area contributed by atoms with Gasteiger partial charge < -0.3 is 0 Å². The van der Waals surface area contributed by atoms with Gasteiger partial charge in [-0.2, -0.15) is 10.5 Å². The molecule has 0 amide bonds. The third kappa shape index (κ3) is 4.64. The molecule has 4 aromatic carbocycles. The maximum atomic E-state index is 13.6. The maximum Gasteiger partial charge on any atom is 0.193 e. The summed E-state index contributed by atoms with van der Waals surface area (Å²) in [5, 5.41) is 18.0. The molecule has 0 spiro atoms. The fraction of sp³-hybridized carbons (Fsp3) is 0.0690. The molecular weight excluding hydrogens is 392 g/mol. The number of carbonyl (C=O) groups is 1. The van der Waals surface area contributed by atoms with E-state index in [4.69, 9.17) is 10.5 Å². The van der Waals surface area contributed by atoms with Gasteiger partial charge in [-0.25, -0.2) is 0 Å². The van der Waals surface area contributed by atoms with Crippen LogP contribution in [0.5, 0.6) is 0 Å². The van der Waals surface area contributed by atoms with Crippen molar-refractivity contribution in [2.45, 2.75) is 12.8 Å². The van der Waals surface area contributed by atoms with Crippen molar-refractivity contribution in [1.29, 1.82) is 10.5 Å². The molecule has 3 heteroatoms. The van der Waals surface area contributed by atoms with E-state index in [1.807, 2.05) is 72.8 Å². The summed E-state index contributed by atoms with van der Waals surface area (Å²) in [5.41, 5.74) is 6.62. The van der Waals surface area contributed by atoms with Crippen LogP contribution in [0, 0.1) is 22.7 Å². The summed E-state index contributed by atoms with van der Waals surface area (Å²) in [6, 6.07) is 34.5. The lowest BCUT2D eigenvalue weighted by molar-refractivity contribution is 0.103. The van der Waals surface area contributed by atoms with Crippen LogP contribution in [0.15, 0.2) is 97.1 Å². The number of nitrogens with zero attached hydrogens (tertiary/aromatic N) is 2. The normalized spacial score (nSPS) is 10.2. The quantitative estimate of drug-likeness (QED) is 0.374. The van der Waals surface area contributed by atoms with E-state index >= 15 is 0 Å². The minimum Gasteiger partial charge on any atom is -0.289 e. The van der Waals surface area contributed by atoms with Crippen LogP contribution < -0.4 is 0 Å². The predicted octanol–water partition coefficient (Wildman–Crippen LogP) is 5.84. The van der Waals surface area contributed by atoms with Crippen LogP contribution in [-0.4, -0.2) is 5.78 Å². The number of rotatable bonds is 6. The third-order valence-electron chi connectivity index (χ3n) is 5.48. The summed E-state index contributed by atoms with van der Waals surface area (Å²) in [6.07, 6.45) is 1.23. The highest BCUT2D eigenvalue weighted by Crippen LogP contribution is 2.22. The Balaban J connectivity index is 1.64. The molecule has 0 aliphatic heterocycles. The van der Waals surface area contributed by atoms with Crippen molar-refractivity contribution in [2.24, 2.45) is 0 Å². The van der Waals surface area contributed by atoms with Crippen LogP contribution in [0.1, 0.15) is 49.3 Å². The summed E-state index contributed by atoms with van der Waals surface area (Å²) in [5.74, 6) is -0.00140. The molecule has 0 saturated carbocycles. The number of nitriles is 2. The largest absolute Gasteiger partial charge is 0.289 e. The molecule has 0 N–H and O–H groups in total. The zero-order valence-electron chi connectivity index (χ0n) is 17.5. The fourth-order valence-electron chi connectivity index (χ4n) is 3.77. The standard InChI is InChI=1S/C29H20N2O/c30-19-23-13-9-21(10-14-23)17-25-5-1-3-7-27(25)29(32)28-8-4-2-6-26(28)18-22-11-15-24(20-31)16-12-22/h1-16H,17-18H2. The summed E-state index contributed by atoms with van der Waals surface area (Å²) in [6.45, 7) is 0. The van der Waals surface area contributed by atoms with Crippen molar-refractivity contribution in [1.82, 2.24) is 0 Å². The lowest BCUT2D eigenvalue weighted by Crippen LogP contribution is -2.09. The first-order valence-corrected chi connectivity index (χ1v) is 10.4. The van der Waals surface area contributed by atoms with Crippen molar-refractivity contribution < 1.29 is 4.79 Å². The zero-order chi connectivity index (χ0) is 22.3.